The van der Waals surface area contributed by atoms with Gasteiger partial charge in [0.1, 0.15) is 0 Å². The van der Waals surface area contributed by atoms with Crippen molar-refractivity contribution in [3.63, 3.8) is 0 Å². The van der Waals surface area contributed by atoms with Crippen molar-refractivity contribution in [2.45, 2.75) is 27.2 Å². The maximum Gasteiger partial charge on any atom is 0.309 e. The van der Waals surface area contributed by atoms with E-state index >= 15 is 0 Å². The Morgan fingerprint density at radius 2 is 1.95 bits per heavy atom. The van der Waals surface area contributed by atoms with Crippen LogP contribution >= 0.6 is 0 Å². The minimum Gasteiger partial charge on any atom is -0.493 e. The van der Waals surface area contributed by atoms with Crippen molar-refractivity contribution in [2.75, 3.05) is 12.9 Å². The number of hydrogen-bond donors (Lipinski definition) is 0. The van der Waals surface area contributed by atoms with Gasteiger partial charge >= 0.3 is 10.1 Å². The summed E-state index contributed by atoms with van der Waals surface area (Å²) in [5.74, 6) is 0.954. The molecule has 112 valence electrons. The SMILES string of the molecule is C/C=C/c1ccc(OS(=O)(=O)CCC(C)C)c(OC)c1. The quantitative estimate of drug-likeness (QED) is 0.723. The smallest absolute Gasteiger partial charge is 0.309 e. The number of allylic oxidation sites excluding steroid dienone is 1. The van der Waals surface area contributed by atoms with Crippen LogP contribution in [0.1, 0.15) is 32.8 Å². The average Bonchev–Trinajstić information content (AvgIpc) is 2.38. The standard InChI is InChI=1S/C15H22O4S/c1-5-6-13-7-8-14(15(11-13)18-4)19-20(16,17)10-9-12(2)3/h5-8,11-12H,9-10H2,1-4H3/b6-5+. The first kappa shape index (κ1) is 16.6. The number of benzene rings is 1. The second kappa shape index (κ2) is 7.33. The molecule has 0 spiro atoms. The van der Waals surface area contributed by atoms with Crippen LogP contribution in [0.5, 0.6) is 11.5 Å². The highest BCUT2D eigenvalue weighted by Crippen LogP contribution is 2.30. The first-order valence-electron chi connectivity index (χ1n) is 6.61. The molecule has 0 fully saturated rings. The first-order valence-corrected chi connectivity index (χ1v) is 8.18. The predicted octanol–water partition coefficient (Wildman–Crippen LogP) is 3.48. The largest absolute Gasteiger partial charge is 0.493 e. The maximum atomic E-state index is 11.9. The number of hydrogen-bond acceptors (Lipinski definition) is 4. The van der Waals surface area contributed by atoms with E-state index in [2.05, 4.69) is 0 Å². The van der Waals surface area contributed by atoms with Gasteiger partial charge in [0.05, 0.1) is 12.9 Å². The van der Waals surface area contributed by atoms with E-state index in [1.54, 1.807) is 18.2 Å². The molecule has 0 aliphatic heterocycles. The summed E-state index contributed by atoms with van der Waals surface area (Å²) in [5.41, 5.74) is 0.927. The van der Waals surface area contributed by atoms with Gasteiger partial charge in [-0.3, -0.25) is 0 Å². The lowest BCUT2D eigenvalue weighted by molar-refractivity contribution is 0.390. The van der Waals surface area contributed by atoms with Gasteiger partial charge in [-0.25, -0.2) is 0 Å². The summed E-state index contributed by atoms with van der Waals surface area (Å²) in [6.45, 7) is 5.86. The first-order chi connectivity index (χ1) is 9.38. The second-order valence-corrected chi connectivity index (χ2v) is 6.63. The van der Waals surface area contributed by atoms with Crippen LogP contribution in [-0.2, 0) is 10.1 Å². The van der Waals surface area contributed by atoms with Crippen molar-refractivity contribution in [3.05, 3.63) is 29.8 Å². The monoisotopic (exact) mass is 298 g/mol. The van der Waals surface area contributed by atoms with Gasteiger partial charge in [-0.2, -0.15) is 8.42 Å². The van der Waals surface area contributed by atoms with Crippen molar-refractivity contribution in [3.8, 4) is 11.5 Å². The molecule has 1 rings (SSSR count). The zero-order valence-corrected chi connectivity index (χ0v) is 13.2. The molecule has 0 aliphatic carbocycles. The Balaban J connectivity index is 2.91. The molecule has 1 aromatic rings. The summed E-state index contributed by atoms with van der Waals surface area (Å²) in [6, 6.07) is 5.14. The van der Waals surface area contributed by atoms with E-state index in [1.807, 2.05) is 32.9 Å². The van der Waals surface area contributed by atoms with Crippen LogP contribution in [0.25, 0.3) is 6.08 Å². The van der Waals surface area contributed by atoms with Crippen LogP contribution in [-0.4, -0.2) is 21.3 Å². The zero-order valence-electron chi connectivity index (χ0n) is 12.4. The van der Waals surface area contributed by atoms with Gasteiger partial charge in [0.2, 0.25) is 0 Å². The van der Waals surface area contributed by atoms with Crippen LogP contribution in [0, 0.1) is 5.92 Å². The van der Waals surface area contributed by atoms with E-state index in [4.69, 9.17) is 8.92 Å². The highest BCUT2D eigenvalue weighted by atomic mass is 32.2. The molecular formula is C15H22O4S. The molecule has 0 saturated heterocycles. The van der Waals surface area contributed by atoms with Gasteiger partial charge in [0.25, 0.3) is 0 Å². The molecule has 0 amide bonds. The molecule has 0 heterocycles. The summed E-state index contributed by atoms with van der Waals surface area (Å²) in [7, 11) is -2.10. The van der Waals surface area contributed by atoms with Crippen LogP contribution in [0.3, 0.4) is 0 Å². The Bertz CT molecular complexity index is 559. The lowest BCUT2D eigenvalue weighted by Crippen LogP contribution is -2.15. The fourth-order valence-corrected chi connectivity index (χ4v) is 2.86. The van der Waals surface area contributed by atoms with Crippen LogP contribution in [0.2, 0.25) is 0 Å². The van der Waals surface area contributed by atoms with E-state index in [0.29, 0.717) is 18.1 Å². The molecule has 0 atom stereocenters. The lowest BCUT2D eigenvalue weighted by atomic mass is 10.2. The summed E-state index contributed by atoms with van der Waals surface area (Å²) in [5, 5.41) is 0. The van der Waals surface area contributed by atoms with Crippen molar-refractivity contribution >= 4 is 16.2 Å². The van der Waals surface area contributed by atoms with E-state index in [9.17, 15) is 8.42 Å². The van der Waals surface area contributed by atoms with Crippen molar-refractivity contribution in [1.29, 1.82) is 0 Å². The van der Waals surface area contributed by atoms with Gasteiger partial charge < -0.3 is 8.92 Å². The Hall–Kier alpha value is -1.49. The molecule has 0 unspecified atom stereocenters. The highest BCUT2D eigenvalue weighted by Gasteiger charge is 2.16. The minimum absolute atomic E-state index is 0.00440. The number of ether oxygens (including phenoxy) is 1. The molecule has 0 saturated carbocycles. The van der Waals surface area contributed by atoms with Crippen molar-refractivity contribution in [1.82, 2.24) is 0 Å². The highest BCUT2D eigenvalue weighted by molar-refractivity contribution is 7.87. The molecule has 5 heteroatoms. The molecule has 4 nitrogen and oxygen atoms in total. The van der Waals surface area contributed by atoms with E-state index in [0.717, 1.165) is 5.56 Å². The summed E-state index contributed by atoms with van der Waals surface area (Å²) < 4.78 is 34.1. The molecule has 0 aliphatic rings. The van der Waals surface area contributed by atoms with Gasteiger partial charge in [-0.1, -0.05) is 32.1 Å². The predicted molar refractivity (Wildman–Crippen MR) is 81.6 cm³/mol. The molecular weight excluding hydrogens is 276 g/mol. The number of methoxy groups -OCH3 is 1. The van der Waals surface area contributed by atoms with Crippen LogP contribution in [0.15, 0.2) is 24.3 Å². The molecule has 0 aromatic heterocycles. The fraction of sp³-hybridized carbons (Fsp3) is 0.467. The Labute approximate surface area is 121 Å². The normalized spacial score (nSPS) is 12.1. The lowest BCUT2D eigenvalue weighted by Gasteiger charge is -2.12. The van der Waals surface area contributed by atoms with E-state index in [1.165, 1.54) is 7.11 Å². The number of rotatable bonds is 7. The third-order valence-corrected chi connectivity index (χ3v) is 3.88. The zero-order chi connectivity index (χ0) is 15.2. The van der Waals surface area contributed by atoms with E-state index in [-0.39, 0.29) is 11.5 Å². The van der Waals surface area contributed by atoms with Crippen LogP contribution < -0.4 is 8.92 Å². The van der Waals surface area contributed by atoms with Crippen molar-refractivity contribution < 1.29 is 17.3 Å². The van der Waals surface area contributed by atoms with Gasteiger partial charge in [-0.05, 0) is 37.0 Å². The topological polar surface area (TPSA) is 52.6 Å². The van der Waals surface area contributed by atoms with Gasteiger partial charge in [0, 0.05) is 0 Å². The average molecular weight is 298 g/mol. The minimum atomic E-state index is -3.59. The molecule has 1 aromatic carbocycles. The Morgan fingerprint density at radius 3 is 2.50 bits per heavy atom. The summed E-state index contributed by atoms with van der Waals surface area (Å²) >= 11 is 0. The molecule has 0 N–H and O–H groups in total. The van der Waals surface area contributed by atoms with Gasteiger partial charge in [-0.15, -0.1) is 0 Å². The maximum absolute atomic E-state index is 11.9. The molecule has 0 bridgehead atoms. The third-order valence-electron chi connectivity index (χ3n) is 2.71. The summed E-state index contributed by atoms with van der Waals surface area (Å²) in [6.07, 6.45) is 4.37. The van der Waals surface area contributed by atoms with Gasteiger partial charge in [0.15, 0.2) is 11.5 Å². The Kier molecular flexibility index (Phi) is 6.07. The van der Waals surface area contributed by atoms with Crippen molar-refractivity contribution in [2.24, 2.45) is 5.92 Å². The van der Waals surface area contributed by atoms with E-state index < -0.39 is 10.1 Å². The Morgan fingerprint density at radius 1 is 1.25 bits per heavy atom. The second-order valence-electron chi connectivity index (χ2n) is 4.94. The fourth-order valence-electron chi connectivity index (χ4n) is 1.61. The molecule has 0 radical (unpaired) electrons. The third kappa shape index (κ3) is 5.25. The van der Waals surface area contributed by atoms with Crippen LogP contribution in [0.4, 0.5) is 0 Å². The molecule has 20 heavy (non-hydrogen) atoms. The summed E-state index contributed by atoms with van der Waals surface area (Å²) in [4.78, 5) is 0.